The third-order valence-corrected chi connectivity index (χ3v) is 5.03. The lowest BCUT2D eigenvalue weighted by atomic mass is 9.92. The summed E-state index contributed by atoms with van der Waals surface area (Å²) in [6, 6.07) is -0.834. The second-order valence-electron chi connectivity index (χ2n) is 7.10. The number of hydrogen-bond donors (Lipinski definition) is 5. The molecule has 0 bridgehead atoms. The smallest absolute Gasteiger partial charge is 0.217 e. The van der Waals surface area contributed by atoms with Gasteiger partial charge in [0.2, 0.25) is 5.91 Å². The molecule has 162 valence electrons. The zero-order valence-corrected chi connectivity index (χ0v) is 16.2. The molecule has 2 aliphatic heterocycles. The van der Waals surface area contributed by atoms with Gasteiger partial charge in [-0.05, 0) is 13.8 Å². The van der Waals surface area contributed by atoms with Gasteiger partial charge in [0.05, 0.1) is 18.8 Å². The molecule has 2 heterocycles. The first kappa shape index (κ1) is 23.1. The molecule has 0 saturated carbocycles. The van der Waals surface area contributed by atoms with Gasteiger partial charge in [0.15, 0.2) is 12.1 Å². The van der Waals surface area contributed by atoms with Crippen LogP contribution in [-0.2, 0) is 28.5 Å². The average molecular weight is 407 g/mol. The van der Waals surface area contributed by atoms with E-state index < -0.39 is 79.5 Å². The molecule has 2 rings (SSSR count). The summed E-state index contributed by atoms with van der Waals surface area (Å²) in [6.45, 7) is 3.64. The highest BCUT2D eigenvalue weighted by molar-refractivity contribution is 5.81. The molecule has 1 amide bonds. The number of hydrogen-bond acceptors (Lipinski definition) is 10. The Labute approximate surface area is 162 Å². The van der Waals surface area contributed by atoms with E-state index in [4.69, 9.17) is 18.9 Å². The van der Waals surface area contributed by atoms with Crippen molar-refractivity contribution in [3.8, 4) is 0 Å². The van der Waals surface area contributed by atoms with Crippen LogP contribution in [0.3, 0.4) is 0 Å². The van der Waals surface area contributed by atoms with Gasteiger partial charge in [0.1, 0.15) is 42.7 Å². The van der Waals surface area contributed by atoms with E-state index in [1.165, 1.54) is 21.0 Å². The highest BCUT2D eigenvalue weighted by Crippen LogP contribution is 2.30. The number of carbonyl (C=O) groups is 2. The fraction of sp³-hybridized carbons (Fsp3) is 0.882. The number of Topliss-reactive ketones (excluding diaryl/α,β-unsaturated/α-hetero) is 1. The van der Waals surface area contributed by atoms with E-state index in [1.54, 1.807) is 6.92 Å². The SMILES string of the molecule is CO[C@H]1C(O)C(O)[C@H](O[C@@H]2C(NC(C)=O)[C@H](C)OC(CO)[C@H]2O)O[C@H]1C(C)=O. The normalized spacial score (nSPS) is 44.1. The molecule has 2 aliphatic rings. The van der Waals surface area contributed by atoms with Gasteiger partial charge in [-0.2, -0.15) is 0 Å². The van der Waals surface area contributed by atoms with Crippen molar-refractivity contribution in [2.45, 2.75) is 81.9 Å². The summed E-state index contributed by atoms with van der Waals surface area (Å²) in [4.78, 5) is 23.4. The summed E-state index contributed by atoms with van der Waals surface area (Å²) >= 11 is 0. The Morgan fingerprint density at radius 1 is 1.04 bits per heavy atom. The van der Waals surface area contributed by atoms with Crippen LogP contribution >= 0.6 is 0 Å². The quantitative estimate of drug-likeness (QED) is 0.308. The fourth-order valence-corrected chi connectivity index (χ4v) is 3.58. The predicted molar refractivity (Wildman–Crippen MR) is 92.1 cm³/mol. The monoisotopic (exact) mass is 407 g/mol. The fourth-order valence-electron chi connectivity index (χ4n) is 3.58. The molecule has 28 heavy (non-hydrogen) atoms. The van der Waals surface area contributed by atoms with Crippen molar-refractivity contribution < 1.29 is 49.0 Å². The van der Waals surface area contributed by atoms with Crippen molar-refractivity contribution >= 4 is 11.7 Å². The number of nitrogens with one attached hydrogen (secondary N) is 1. The number of ether oxygens (including phenoxy) is 4. The summed E-state index contributed by atoms with van der Waals surface area (Å²) in [5.41, 5.74) is 0. The Kier molecular flexibility index (Phi) is 7.88. The Hall–Kier alpha value is -1.18. The average Bonchev–Trinajstić information content (AvgIpc) is 2.63. The number of carbonyl (C=O) groups excluding carboxylic acids is 2. The molecule has 5 N–H and O–H groups in total. The molecule has 2 fully saturated rings. The highest BCUT2D eigenvalue weighted by Gasteiger charge is 2.51. The van der Waals surface area contributed by atoms with Gasteiger partial charge in [-0.3, -0.25) is 9.59 Å². The third kappa shape index (κ3) is 4.69. The van der Waals surface area contributed by atoms with Gasteiger partial charge >= 0.3 is 0 Å². The highest BCUT2D eigenvalue weighted by atomic mass is 16.7. The Bertz CT molecular complexity index is 560. The van der Waals surface area contributed by atoms with E-state index >= 15 is 0 Å². The van der Waals surface area contributed by atoms with Crippen molar-refractivity contribution in [2.75, 3.05) is 13.7 Å². The van der Waals surface area contributed by atoms with Crippen molar-refractivity contribution in [1.82, 2.24) is 5.32 Å². The minimum absolute atomic E-state index is 0.407. The molecule has 0 aromatic heterocycles. The van der Waals surface area contributed by atoms with Crippen LogP contribution in [0.15, 0.2) is 0 Å². The number of ketones is 1. The number of aliphatic hydroxyl groups excluding tert-OH is 4. The zero-order chi connectivity index (χ0) is 21.2. The minimum atomic E-state index is -1.59. The molecular weight excluding hydrogens is 378 g/mol. The molecule has 4 unspecified atom stereocenters. The van der Waals surface area contributed by atoms with Gasteiger partial charge in [-0.25, -0.2) is 0 Å². The molecule has 2 saturated heterocycles. The third-order valence-electron chi connectivity index (χ3n) is 5.03. The molecule has 0 aliphatic carbocycles. The minimum Gasteiger partial charge on any atom is -0.394 e. The van der Waals surface area contributed by atoms with Crippen LogP contribution in [0.4, 0.5) is 0 Å². The van der Waals surface area contributed by atoms with Crippen LogP contribution < -0.4 is 5.32 Å². The van der Waals surface area contributed by atoms with Crippen LogP contribution in [0.2, 0.25) is 0 Å². The van der Waals surface area contributed by atoms with Crippen LogP contribution in [0.1, 0.15) is 20.8 Å². The van der Waals surface area contributed by atoms with Crippen molar-refractivity contribution in [3.63, 3.8) is 0 Å². The van der Waals surface area contributed by atoms with Crippen LogP contribution in [0.5, 0.6) is 0 Å². The molecule has 0 aromatic rings. The van der Waals surface area contributed by atoms with Crippen molar-refractivity contribution in [1.29, 1.82) is 0 Å². The van der Waals surface area contributed by atoms with Crippen LogP contribution in [0, 0.1) is 0 Å². The van der Waals surface area contributed by atoms with Crippen molar-refractivity contribution in [3.05, 3.63) is 0 Å². The second-order valence-corrected chi connectivity index (χ2v) is 7.10. The molecule has 10 atom stereocenters. The summed E-state index contributed by atoms with van der Waals surface area (Å²) in [5, 5.41) is 43.2. The van der Waals surface area contributed by atoms with E-state index in [0.29, 0.717) is 0 Å². The van der Waals surface area contributed by atoms with Crippen LogP contribution in [0.25, 0.3) is 0 Å². The molecule has 0 aromatic carbocycles. The first-order chi connectivity index (χ1) is 13.1. The van der Waals surface area contributed by atoms with Gasteiger partial charge in [0.25, 0.3) is 0 Å². The van der Waals surface area contributed by atoms with E-state index in [0.717, 1.165) is 0 Å². The van der Waals surface area contributed by atoms with E-state index in [-0.39, 0.29) is 0 Å². The number of amides is 1. The lowest BCUT2D eigenvalue weighted by molar-refractivity contribution is -0.325. The Balaban J connectivity index is 2.26. The summed E-state index contributed by atoms with van der Waals surface area (Å²) < 4.78 is 21.8. The van der Waals surface area contributed by atoms with E-state index in [9.17, 15) is 30.0 Å². The van der Waals surface area contributed by atoms with E-state index in [1.807, 2.05) is 0 Å². The summed E-state index contributed by atoms with van der Waals surface area (Å²) in [6.07, 6.45) is -11.0. The van der Waals surface area contributed by atoms with Gasteiger partial charge in [0, 0.05) is 14.0 Å². The zero-order valence-electron chi connectivity index (χ0n) is 16.2. The van der Waals surface area contributed by atoms with Gasteiger partial charge in [-0.1, -0.05) is 0 Å². The summed E-state index contributed by atoms with van der Waals surface area (Å²) in [5.74, 6) is -0.853. The van der Waals surface area contributed by atoms with Crippen LogP contribution in [-0.4, -0.2) is 107 Å². The Morgan fingerprint density at radius 2 is 1.68 bits per heavy atom. The number of methoxy groups -OCH3 is 1. The van der Waals surface area contributed by atoms with Gasteiger partial charge < -0.3 is 44.7 Å². The van der Waals surface area contributed by atoms with Crippen molar-refractivity contribution in [2.24, 2.45) is 0 Å². The topological polar surface area (TPSA) is 164 Å². The van der Waals surface area contributed by atoms with Gasteiger partial charge in [-0.15, -0.1) is 0 Å². The first-order valence-corrected chi connectivity index (χ1v) is 9.04. The largest absolute Gasteiger partial charge is 0.394 e. The lowest BCUT2D eigenvalue weighted by Gasteiger charge is -2.47. The predicted octanol–water partition coefficient (Wildman–Crippen LogP) is -2.93. The molecule has 0 radical (unpaired) electrons. The second kappa shape index (κ2) is 9.55. The van der Waals surface area contributed by atoms with E-state index in [2.05, 4.69) is 5.32 Å². The standard InChI is InChI=1S/C17H29NO10/c1-6(20)14-16(25-4)12(23)13(24)17(27-14)28-15-10(18-8(3)21)7(2)26-9(5-19)11(15)22/h7,9-17,19,22-24H,5H2,1-4H3,(H,18,21)/t7-,9?,10?,11+,12?,13?,14-,15+,16-,17-/m0/s1. The number of aliphatic hydroxyl groups is 4. The molecule has 11 heteroatoms. The Morgan fingerprint density at radius 3 is 2.18 bits per heavy atom. The lowest BCUT2D eigenvalue weighted by Crippen LogP contribution is -2.67. The maximum Gasteiger partial charge on any atom is 0.217 e. The molecular formula is C17H29NO10. The molecule has 0 spiro atoms. The molecule has 11 nitrogen and oxygen atoms in total. The first-order valence-electron chi connectivity index (χ1n) is 9.04. The summed E-state index contributed by atoms with van der Waals surface area (Å²) in [7, 11) is 1.27. The maximum atomic E-state index is 11.9. The maximum absolute atomic E-state index is 11.9. The number of rotatable bonds is 6.